The van der Waals surface area contributed by atoms with Crippen molar-refractivity contribution in [2.75, 3.05) is 0 Å². The number of aliphatic hydroxyl groups is 3. The number of phosphoric acid groups is 1. The number of hydrogen-bond donors (Lipinski definition) is 5. The van der Waals surface area contributed by atoms with Crippen LogP contribution >= 0.6 is 7.82 Å². The van der Waals surface area contributed by atoms with E-state index in [4.69, 9.17) is 20.0 Å². The van der Waals surface area contributed by atoms with Gasteiger partial charge in [0.1, 0.15) is 12.2 Å². The van der Waals surface area contributed by atoms with Gasteiger partial charge in [0.15, 0.2) is 12.4 Å². The number of carbonyl (C=O) groups is 1. The lowest BCUT2D eigenvalue weighted by atomic mass is 10.1. The van der Waals surface area contributed by atoms with Crippen molar-refractivity contribution in [1.82, 2.24) is 0 Å². The highest BCUT2D eigenvalue weighted by molar-refractivity contribution is 7.46. The monoisotopic (exact) mass is 244 g/mol. The summed E-state index contributed by atoms with van der Waals surface area (Å²) in [6.07, 6.45) is -7.02. The van der Waals surface area contributed by atoms with Crippen LogP contribution in [0.15, 0.2) is 0 Å². The van der Waals surface area contributed by atoms with Gasteiger partial charge in [-0.2, -0.15) is 0 Å². The molecular formula is C6H13O8P. The van der Waals surface area contributed by atoms with Crippen LogP contribution in [-0.2, 0) is 13.9 Å². The summed E-state index contributed by atoms with van der Waals surface area (Å²) in [7, 11) is -4.95. The smallest absolute Gasteiger partial charge is 0.391 e. The summed E-state index contributed by atoms with van der Waals surface area (Å²) in [4.78, 5) is 27.1. The van der Waals surface area contributed by atoms with Crippen molar-refractivity contribution in [2.24, 2.45) is 0 Å². The minimum Gasteiger partial charge on any atom is -0.391 e. The summed E-state index contributed by atoms with van der Waals surface area (Å²) in [5.74, 6) is 0. The molecule has 8 nitrogen and oxygen atoms in total. The van der Waals surface area contributed by atoms with Crippen molar-refractivity contribution in [3.05, 3.63) is 0 Å². The molecular weight excluding hydrogens is 231 g/mol. The highest BCUT2D eigenvalue weighted by Crippen LogP contribution is 2.38. The normalized spacial score (nSPS) is 20.4. The molecule has 90 valence electrons. The van der Waals surface area contributed by atoms with Crippen molar-refractivity contribution >= 4 is 14.1 Å². The third-order valence-corrected chi connectivity index (χ3v) is 2.09. The van der Waals surface area contributed by atoms with E-state index in [2.05, 4.69) is 4.52 Å². The van der Waals surface area contributed by atoms with Gasteiger partial charge in [0, 0.05) is 0 Å². The Labute approximate surface area is 85.4 Å². The third kappa shape index (κ3) is 5.33. The van der Waals surface area contributed by atoms with Gasteiger partial charge in [-0.05, 0) is 6.92 Å². The first kappa shape index (κ1) is 14.7. The zero-order valence-electron chi connectivity index (χ0n) is 7.79. The maximum absolute atomic E-state index is 10.4. The number of aldehydes is 1. The third-order valence-electron chi connectivity index (χ3n) is 1.57. The first-order valence-electron chi connectivity index (χ1n) is 3.92. The summed E-state index contributed by atoms with van der Waals surface area (Å²) < 4.78 is 14.3. The minimum absolute atomic E-state index is 0.0741. The van der Waals surface area contributed by atoms with Gasteiger partial charge in [-0.1, -0.05) is 0 Å². The van der Waals surface area contributed by atoms with Crippen molar-refractivity contribution in [2.45, 2.75) is 31.3 Å². The van der Waals surface area contributed by atoms with E-state index in [1.807, 2.05) is 0 Å². The quantitative estimate of drug-likeness (QED) is 0.260. The molecule has 5 N–H and O–H groups in total. The van der Waals surface area contributed by atoms with Gasteiger partial charge in [0.25, 0.3) is 0 Å². The number of aliphatic hydroxyl groups excluding tert-OH is 3. The molecule has 0 rings (SSSR count). The van der Waals surface area contributed by atoms with Gasteiger partial charge in [-0.3, -0.25) is 4.52 Å². The SMILES string of the molecule is C[C@@H](O)[C@@H](O)[C@H](O)[C@H](C=O)OP(=O)(O)O. The fourth-order valence-electron chi connectivity index (χ4n) is 0.806. The van der Waals surface area contributed by atoms with E-state index in [1.165, 1.54) is 0 Å². The molecule has 9 heteroatoms. The summed E-state index contributed by atoms with van der Waals surface area (Å²) in [5, 5.41) is 27.2. The van der Waals surface area contributed by atoms with E-state index >= 15 is 0 Å². The number of phosphoric ester groups is 1. The molecule has 0 saturated carbocycles. The van der Waals surface area contributed by atoms with Crippen molar-refractivity contribution in [1.29, 1.82) is 0 Å². The molecule has 0 spiro atoms. The lowest BCUT2D eigenvalue weighted by molar-refractivity contribution is -0.131. The van der Waals surface area contributed by atoms with Crippen LogP contribution < -0.4 is 0 Å². The van der Waals surface area contributed by atoms with E-state index in [0.717, 1.165) is 6.92 Å². The molecule has 0 aliphatic carbocycles. The zero-order valence-corrected chi connectivity index (χ0v) is 8.69. The highest BCUT2D eigenvalue weighted by atomic mass is 31.2. The molecule has 0 aromatic heterocycles. The molecule has 0 fully saturated rings. The zero-order chi connectivity index (χ0) is 12.2. The molecule has 0 aliphatic rings. The van der Waals surface area contributed by atoms with Gasteiger partial charge in [0.05, 0.1) is 6.10 Å². The highest BCUT2D eigenvalue weighted by Gasteiger charge is 2.34. The van der Waals surface area contributed by atoms with Crippen molar-refractivity contribution < 1.29 is 39.0 Å². The Kier molecular flexibility index (Phi) is 5.54. The predicted octanol–water partition coefficient (Wildman–Crippen LogP) is -2.23. The Morgan fingerprint density at radius 2 is 1.67 bits per heavy atom. The van der Waals surface area contributed by atoms with Crippen molar-refractivity contribution in [3.8, 4) is 0 Å². The summed E-state index contributed by atoms with van der Waals surface area (Å²) in [6, 6.07) is 0. The average Bonchev–Trinajstić information content (AvgIpc) is 2.10. The second-order valence-corrected chi connectivity index (χ2v) is 4.11. The molecule has 0 unspecified atom stereocenters. The maximum atomic E-state index is 10.4. The van der Waals surface area contributed by atoms with Crippen LogP contribution in [0.2, 0.25) is 0 Å². The summed E-state index contributed by atoms with van der Waals surface area (Å²) in [5.41, 5.74) is 0. The van der Waals surface area contributed by atoms with Crippen LogP contribution in [0, 0.1) is 0 Å². The van der Waals surface area contributed by atoms with E-state index in [9.17, 15) is 14.5 Å². The van der Waals surface area contributed by atoms with E-state index in [1.54, 1.807) is 0 Å². The Bertz CT molecular complexity index is 248. The fraction of sp³-hybridized carbons (Fsp3) is 0.833. The van der Waals surface area contributed by atoms with Gasteiger partial charge in [0.2, 0.25) is 0 Å². The van der Waals surface area contributed by atoms with Gasteiger partial charge < -0.3 is 29.9 Å². The molecule has 15 heavy (non-hydrogen) atoms. The van der Waals surface area contributed by atoms with Crippen LogP contribution in [-0.4, -0.2) is 55.8 Å². The van der Waals surface area contributed by atoms with E-state index in [-0.39, 0.29) is 6.29 Å². The molecule has 0 aromatic rings. The van der Waals surface area contributed by atoms with Crippen LogP contribution in [0.5, 0.6) is 0 Å². The molecule has 0 amide bonds. The Morgan fingerprint density at radius 3 is 1.93 bits per heavy atom. The largest absolute Gasteiger partial charge is 0.470 e. The van der Waals surface area contributed by atoms with E-state index in [0.29, 0.717) is 0 Å². The number of carbonyl (C=O) groups excluding carboxylic acids is 1. The van der Waals surface area contributed by atoms with Crippen LogP contribution in [0.1, 0.15) is 6.92 Å². The molecule has 0 aliphatic heterocycles. The molecule has 0 saturated heterocycles. The number of hydrogen-bond acceptors (Lipinski definition) is 6. The van der Waals surface area contributed by atoms with Crippen LogP contribution in [0.3, 0.4) is 0 Å². The van der Waals surface area contributed by atoms with E-state index < -0.39 is 32.2 Å². The second kappa shape index (κ2) is 5.66. The van der Waals surface area contributed by atoms with Crippen molar-refractivity contribution in [3.63, 3.8) is 0 Å². The first-order valence-corrected chi connectivity index (χ1v) is 5.45. The van der Waals surface area contributed by atoms with Crippen LogP contribution in [0.25, 0.3) is 0 Å². The molecule has 0 bridgehead atoms. The van der Waals surface area contributed by atoms with Gasteiger partial charge >= 0.3 is 7.82 Å². The number of rotatable bonds is 6. The molecule has 0 heterocycles. The molecule has 4 atom stereocenters. The van der Waals surface area contributed by atoms with Gasteiger partial charge in [-0.15, -0.1) is 0 Å². The fourth-order valence-corrected chi connectivity index (χ4v) is 1.30. The molecule has 0 aromatic carbocycles. The predicted molar refractivity (Wildman–Crippen MR) is 46.7 cm³/mol. The lowest BCUT2D eigenvalue weighted by Crippen LogP contribution is -2.44. The standard InChI is InChI=1S/C6H13O8P/c1-3(8)5(9)6(10)4(2-7)14-15(11,12)13/h2-6,8-10H,1H3,(H2,11,12,13)/t3-,4+,5-,6-/m1/s1. The summed E-state index contributed by atoms with van der Waals surface area (Å²) >= 11 is 0. The maximum Gasteiger partial charge on any atom is 0.470 e. The topological polar surface area (TPSA) is 145 Å². The first-order chi connectivity index (χ1) is 6.69. The van der Waals surface area contributed by atoms with Gasteiger partial charge in [-0.25, -0.2) is 4.57 Å². The molecule has 0 radical (unpaired) electrons. The van der Waals surface area contributed by atoms with Crippen LogP contribution in [0.4, 0.5) is 0 Å². The average molecular weight is 244 g/mol. The summed E-state index contributed by atoms with van der Waals surface area (Å²) in [6.45, 7) is 1.13. The Balaban J connectivity index is 4.54. The second-order valence-electron chi connectivity index (χ2n) is 2.92. The Morgan fingerprint density at radius 1 is 1.20 bits per heavy atom. The minimum atomic E-state index is -4.95. The Hall–Kier alpha value is -0.340. The lowest BCUT2D eigenvalue weighted by Gasteiger charge is -2.24.